The van der Waals surface area contributed by atoms with E-state index < -0.39 is 23.3 Å². The van der Waals surface area contributed by atoms with E-state index in [2.05, 4.69) is 0 Å². The highest BCUT2D eigenvalue weighted by atomic mass is 16.6. The topological polar surface area (TPSA) is 157 Å². The molecule has 0 bridgehead atoms. The van der Waals surface area contributed by atoms with Crippen LogP contribution in [0.15, 0.2) is 0 Å². The highest BCUT2D eigenvalue weighted by molar-refractivity contribution is 5.70. The number of rotatable bonds is 13. The van der Waals surface area contributed by atoms with Crippen LogP contribution in [0.3, 0.4) is 0 Å². The maximum atomic E-state index is 11.5. The largest absolute Gasteiger partial charge is 0.465 e. The first kappa shape index (κ1) is 22.3. The highest BCUT2D eigenvalue weighted by Crippen LogP contribution is 2.24. The quantitative estimate of drug-likeness (QED) is 0.282. The van der Waals surface area contributed by atoms with Crippen LogP contribution in [0.25, 0.3) is 0 Å². The molecule has 0 aliphatic heterocycles. The number of hydrogen-bond donors (Lipinski definition) is 3. The lowest BCUT2D eigenvalue weighted by Crippen LogP contribution is -2.39. The van der Waals surface area contributed by atoms with Crippen LogP contribution < -0.4 is 17.2 Å². The van der Waals surface area contributed by atoms with E-state index in [0.29, 0.717) is 6.42 Å². The van der Waals surface area contributed by atoms with E-state index in [1.54, 1.807) is 0 Å². The monoisotopic (exact) mass is 347 g/mol. The Balaban J connectivity index is 4.81. The molecule has 0 heterocycles. The van der Waals surface area contributed by atoms with Gasteiger partial charge in [-0.25, -0.2) is 0 Å². The Kier molecular flexibility index (Phi) is 11.8. The summed E-state index contributed by atoms with van der Waals surface area (Å²) in [5, 5.41) is 0. The van der Waals surface area contributed by atoms with Crippen LogP contribution in [0.1, 0.15) is 32.6 Å². The van der Waals surface area contributed by atoms with Crippen molar-refractivity contribution in [1.29, 1.82) is 0 Å². The van der Waals surface area contributed by atoms with Crippen molar-refractivity contribution in [3.63, 3.8) is 0 Å². The van der Waals surface area contributed by atoms with Crippen molar-refractivity contribution in [3.8, 4) is 0 Å². The third-order valence-electron chi connectivity index (χ3n) is 3.41. The summed E-state index contributed by atoms with van der Waals surface area (Å²) < 4.78 is 15.5. The van der Waals surface area contributed by atoms with E-state index in [9.17, 15) is 14.4 Å². The molecule has 0 saturated heterocycles. The molecule has 0 fully saturated rings. The lowest BCUT2D eigenvalue weighted by atomic mass is 9.88. The Bertz CT molecular complexity index is 348. The zero-order chi connectivity index (χ0) is 18.4. The summed E-state index contributed by atoms with van der Waals surface area (Å²) in [7, 11) is 0. The summed E-state index contributed by atoms with van der Waals surface area (Å²) in [4.78, 5) is 34.6. The number of esters is 3. The summed E-state index contributed by atoms with van der Waals surface area (Å²) in [5.41, 5.74) is 15.1. The van der Waals surface area contributed by atoms with Crippen LogP contribution in [0.4, 0.5) is 0 Å². The van der Waals surface area contributed by atoms with Gasteiger partial charge in [-0.1, -0.05) is 6.92 Å². The lowest BCUT2D eigenvalue weighted by Gasteiger charge is -2.31. The summed E-state index contributed by atoms with van der Waals surface area (Å²) in [6.07, 6.45) is 0.716. The molecule has 140 valence electrons. The van der Waals surface area contributed by atoms with Crippen LogP contribution >= 0.6 is 0 Å². The maximum absolute atomic E-state index is 11.5. The molecule has 0 amide bonds. The number of carbonyl (C=O) groups excluding carboxylic acids is 3. The first-order valence-corrected chi connectivity index (χ1v) is 8.00. The van der Waals surface area contributed by atoms with Gasteiger partial charge in [-0.05, 0) is 6.42 Å². The first-order valence-electron chi connectivity index (χ1n) is 8.00. The summed E-state index contributed by atoms with van der Waals surface area (Å²) in [6.45, 7) is 2.21. The Hall–Kier alpha value is -1.71. The lowest BCUT2D eigenvalue weighted by molar-refractivity contribution is -0.162. The molecule has 0 aromatic carbocycles. The van der Waals surface area contributed by atoms with Gasteiger partial charge < -0.3 is 31.4 Å². The van der Waals surface area contributed by atoms with Gasteiger partial charge in [0.2, 0.25) is 0 Å². The van der Waals surface area contributed by atoms with Crippen LogP contribution in [0, 0.1) is 5.41 Å². The average Bonchev–Trinajstić information content (AvgIpc) is 2.55. The van der Waals surface area contributed by atoms with Gasteiger partial charge in [-0.2, -0.15) is 0 Å². The first-order chi connectivity index (χ1) is 11.4. The maximum Gasteiger partial charge on any atom is 0.307 e. The molecule has 0 aliphatic carbocycles. The molecule has 0 rings (SSSR count). The van der Waals surface area contributed by atoms with Gasteiger partial charge in [0.05, 0.1) is 24.7 Å². The van der Waals surface area contributed by atoms with Gasteiger partial charge >= 0.3 is 17.9 Å². The Morgan fingerprint density at radius 1 is 0.708 bits per heavy atom. The minimum absolute atomic E-state index is 0.0475. The third-order valence-corrected chi connectivity index (χ3v) is 3.41. The van der Waals surface area contributed by atoms with E-state index in [0.717, 1.165) is 0 Å². The molecule has 6 N–H and O–H groups in total. The van der Waals surface area contributed by atoms with Gasteiger partial charge in [-0.15, -0.1) is 0 Å². The second kappa shape index (κ2) is 12.7. The zero-order valence-electron chi connectivity index (χ0n) is 14.3. The summed E-state index contributed by atoms with van der Waals surface area (Å²) >= 11 is 0. The number of ether oxygens (including phenoxy) is 3. The smallest absolute Gasteiger partial charge is 0.307 e. The van der Waals surface area contributed by atoms with Gasteiger partial charge in [0, 0.05) is 19.6 Å². The molecule has 0 spiro atoms. The van der Waals surface area contributed by atoms with Gasteiger partial charge in [0.15, 0.2) is 0 Å². The number of carbonyl (C=O) groups is 3. The number of hydrogen-bond acceptors (Lipinski definition) is 9. The molecule has 0 saturated carbocycles. The average molecular weight is 347 g/mol. The Morgan fingerprint density at radius 2 is 1.00 bits per heavy atom. The molecule has 0 aromatic heterocycles. The molecule has 0 atom stereocenters. The predicted molar refractivity (Wildman–Crippen MR) is 86.6 cm³/mol. The Morgan fingerprint density at radius 3 is 1.21 bits per heavy atom. The van der Waals surface area contributed by atoms with Crippen LogP contribution in [0.2, 0.25) is 0 Å². The zero-order valence-corrected chi connectivity index (χ0v) is 14.3. The minimum atomic E-state index is -0.821. The van der Waals surface area contributed by atoms with Gasteiger partial charge in [0.25, 0.3) is 0 Å². The van der Waals surface area contributed by atoms with Crippen molar-refractivity contribution < 1.29 is 28.6 Å². The van der Waals surface area contributed by atoms with E-state index >= 15 is 0 Å². The van der Waals surface area contributed by atoms with Crippen molar-refractivity contribution >= 4 is 17.9 Å². The fourth-order valence-electron chi connectivity index (χ4n) is 1.70. The standard InChI is InChI=1S/C15H29N3O6/c1-2-15(9-22-12(19)3-6-16,10-23-13(20)4-7-17)11-24-14(21)5-8-18/h2-11,16-18H2,1H3. The van der Waals surface area contributed by atoms with E-state index in [1.807, 2.05) is 6.92 Å². The second-order valence-corrected chi connectivity index (χ2v) is 5.45. The van der Waals surface area contributed by atoms with Crippen LogP contribution in [0.5, 0.6) is 0 Å². The molecular weight excluding hydrogens is 318 g/mol. The van der Waals surface area contributed by atoms with Crippen LogP contribution in [-0.2, 0) is 28.6 Å². The van der Waals surface area contributed by atoms with Gasteiger partial charge in [0.1, 0.15) is 19.8 Å². The summed E-state index contributed by atoms with van der Waals surface area (Å²) in [6, 6.07) is 0. The normalized spacial score (nSPS) is 11.0. The van der Waals surface area contributed by atoms with E-state index in [-0.39, 0.29) is 58.7 Å². The molecule has 0 aliphatic rings. The van der Waals surface area contributed by atoms with Crippen molar-refractivity contribution in [2.75, 3.05) is 39.5 Å². The highest BCUT2D eigenvalue weighted by Gasteiger charge is 2.34. The second-order valence-electron chi connectivity index (χ2n) is 5.45. The molecule has 0 radical (unpaired) electrons. The van der Waals surface area contributed by atoms with Crippen molar-refractivity contribution in [2.24, 2.45) is 22.6 Å². The molecule has 0 aromatic rings. The summed E-state index contributed by atoms with van der Waals surface area (Å²) in [5.74, 6) is -1.38. The van der Waals surface area contributed by atoms with E-state index in [4.69, 9.17) is 31.4 Å². The predicted octanol–water partition coefficient (Wildman–Crippen LogP) is -0.941. The van der Waals surface area contributed by atoms with E-state index in [1.165, 1.54) is 0 Å². The fourth-order valence-corrected chi connectivity index (χ4v) is 1.70. The Labute approximate surface area is 142 Å². The third kappa shape index (κ3) is 9.43. The molecule has 9 nitrogen and oxygen atoms in total. The molecule has 9 heteroatoms. The van der Waals surface area contributed by atoms with Crippen LogP contribution in [-0.4, -0.2) is 57.4 Å². The van der Waals surface area contributed by atoms with Crippen molar-refractivity contribution in [1.82, 2.24) is 0 Å². The SMILES string of the molecule is CCC(COC(=O)CCN)(COC(=O)CCN)COC(=O)CCN. The van der Waals surface area contributed by atoms with Crippen molar-refractivity contribution in [2.45, 2.75) is 32.6 Å². The van der Waals surface area contributed by atoms with Gasteiger partial charge in [-0.3, -0.25) is 14.4 Å². The molecule has 24 heavy (non-hydrogen) atoms. The fraction of sp³-hybridized carbons (Fsp3) is 0.800. The minimum Gasteiger partial charge on any atom is -0.465 e. The molecular formula is C15H29N3O6. The molecule has 0 unspecified atom stereocenters. The van der Waals surface area contributed by atoms with Crippen molar-refractivity contribution in [3.05, 3.63) is 0 Å². The number of nitrogens with two attached hydrogens (primary N) is 3.